The lowest BCUT2D eigenvalue weighted by Crippen LogP contribution is -3.13. The third kappa shape index (κ3) is 4.86. The van der Waals surface area contributed by atoms with Crippen LogP contribution in [0.2, 0.25) is 0 Å². The van der Waals surface area contributed by atoms with E-state index in [1.165, 1.54) is 5.56 Å². The standard InChI is InChI=1S/C28H32N4O4/c1-34-25-15-21(16-26(35-2)27(25)36-3)20-13-23-22(24(33)14-20)17-29-28(30-23)32-11-9-31(10-12-32)18-19-7-5-4-6-8-19/h4-8,15-17,20H,9-14,18H2,1-3H3/p+1/t20-/m1/s1. The molecule has 1 fully saturated rings. The summed E-state index contributed by atoms with van der Waals surface area (Å²) >= 11 is 0. The number of fused-ring (bicyclic) bond motifs is 1. The molecule has 36 heavy (non-hydrogen) atoms. The van der Waals surface area contributed by atoms with Crippen LogP contribution in [0, 0.1) is 0 Å². The Hall–Kier alpha value is -3.65. The molecule has 188 valence electrons. The maximum atomic E-state index is 13.0. The first-order chi connectivity index (χ1) is 17.6. The maximum absolute atomic E-state index is 13.0. The highest BCUT2D eigenvalue weighted by Gasteiger charge is 2.31. The molecule has 1 saturated heterocycles. The van der Waals surface area contributed by atoms with Crippen LogP contribution in [0.25, 0.3) is 0 Å². The molecule has 3 aromatic rings. The Bertz CT molecular complexity index is 1200. The van der Waals surface area contributed by atoms with E-state index >= 15 is 0 Å². The quantitative estimate of drug-likeness (QED) is 0.546. The number of hydrogen-bond donors (Lipinski definition) is 1. The summed E-state index contributed by atoms with van der Waals surface area (Å²) in [6.45, 7) is 4.88. The molecule has 0 bridgehead atoms. The molecule has 1 aliphatic heterocycles. The Kier molecular flexibility index (Phi) is 7.04. The molecule has 0 unspecified atom stereocenters. The van der Waals surface area contributed by atoms with Crippen LogP contribution in [0.1, 0.15) is 39.5 Å². The van der Waals surface area contributed by atoms with E-state index in [1.807, 2.05) is 12.1 Å². The number of carbonyl (C=O) groups is 1. The van der Waals surface area contributed by atoms with Gasteiger partial charge in [0.05, 0.1) is 58.8 Å². The van der Waals surface area contributed by atoms with Crippen LogP contribution < -0.4 is 24.0 Å². The fraction of sp³-hybridized carbons (Fsp3) is 0.393. The van der Waals surface area contributed by atoms with Crippen LogP contribution >= 0.6 is 0 Å². The van der Waals surface area contributed by atoms with Crippen molar-refractivity contribution in [3.05, 3.63) is 71.0 Å². The summed E-state index contributed by atoms with van der Waals surface area (Å²) in [5, 5.41) is 0. The van der Waals surface area contributed by atoms with Gasteiger partial charge in [-0.25, -0.2) is 9.97 Å². The summed E-state index contributed by atoms with van der Waals surface area (Å²) < 4.78 is 16.5. The third-order valence-corrected chi connectivity index (χ3v) is 7.24. The van der Waals surface area contributed by atoms with Gasteiger partial charge >= 0.3 is 0 Å². The molecule has 1 aromatic heterocycles. The Morgan fingerprint density at radius 2 is 1.67 bits per heavy atom. The first-order valence-corrected chi connectivity index (χ1v) is 12.4. The van der Waals surface area contributed by atoms with Crippen molar-refractivity contribution in [3.63, 3.8) is 0 Å². The van der Waals surface area contributed by atoms with Crippen molar-refractivity contribution in [2.24, 2.45) is 0 Å². The molecular formula is C28H33N4O4+. The van der Waals surface area contributed by atoms with Crippen molar-refractivity contribution in [3.8, 4) is 17.2 Å². The number of benzene rings is 2. The number of rotatable bonds is 7. The lowest BCUT2D eigenvalue weighted by Gasteiger charge is -2.33. The molecule has 0 spiro atoms. The number of Topliss-reactive ketones (excluding diaryl/α,β-unsaturated/α-hetero) is 1. The van der Waals surface area contributed by atoms with Gasteiger partial charge in [0.15, 0.2) is 17.3 Å². The number of methoxy groups -OCH3 is 3. The average molecular weight is 490 g/mol. The van der Waals surface area contributed by atoms with Crippen LogP contribution in [0.3, 0.4) is 0 Å². The van der Waals surface area contributed by atoms with Gasteiger partial charge in [0, 0.05) is 18.2 Å². The van der Waals surface area contributed by atoms with E-state index in [9.17, 15) is 4.79 Å². The van der Waals surface area contributed by atoms with Crippen molar-refractivity contribution >= 4 is 11.7 Å². The second kappa shape index (κ2) is 10.5. The monoisotopic (exact) mass is 489 g/mol. The Balaban J connectivity index is 1.32. The number of ether oxygens (including phenoxy) is 3. The lowest BCUT2D eigenvalue weighted by molar-refractivity contribution is -0.914. The number of quaternary nitrogens is 1. The summed E-state index contributed by atoms with van der Waals surface area (Å²) in [4.78, 5) is 26.3. The minimum Gasteiger partial charge on any atom is -0.493 e. The average Bonchev–Trinajstić information content (AvgIpc) is 2.92. The maximum Gasteiger partial charge on any atom is 0.225 e. The van der Waals surface area contributed by atoms with E-state index in [0.29, 0.717) is 41.6 Å². The lowest BCUT2D eigenvalue weighted by atomic mass is 9.82. The molecular weight excluding hydrogens is 456 g/mol. The van der Waals surface area contributed by atoms with Crippen molar-refractivity contribution in [2.45, 2.75) is 25.3 Å². The van der Waals surface area contributed by atoms with Gasteiger partial charge < -0.3 is 24.0 Å². The molecule has 2 aromatic carbocycles. The highest BCUT2D eigenvalue weighted by atomic mass is 16.5. The molecule has 1 aliphatic carbocycles. The topological polar surface area (TPSA) is 78.2 Å². The summed E-state index contributed by atoms with van der Waals surface area (Å²) in [6, 6.07) is 14.5. The van der Waals surface area contributed by atoms with Crippen molar-refractivity contribution in [1.29, 1.82) is 0 Å². The Morgan fingerprint density at radius 1 is 0.972 bits per heavy atom. The van der Waals surface area contributed by atoms with E-state index in [4.69, 9.17) is 19.2 Å². The van der Waals surface area contributed by atoms with Gasteiger partial charge in [-0.2, -0.15) is 0 Å². The number of hydrogen-bond acceptors (Lipinski definition) is 7. The largest absolute Gasteiger partial charge is 0.493 e. The van der Waals surface area contributed by atoms with Gasteiger partial charge in [0.25, 0.3) is 0 Å². The number of piperazine rings is 1. The molecule has 2 aliphatic rings. The van der Waals surface area contributed by atoms with Gasteiger partial charge in [-0.3, -0.25) is 4.79 Å². The highest BCUT2D eigenvalue weighted by molar-refractivity contribution is 5.98. The minimum absolute atomic E-state index is 0.0198. The Labute approximate surface area is 211 Å². The van der Waals surface area contributed by atoms with Crippen LogP contribution in [0.15, 0.2) is 48.7 Å². The smallest absolute Gasteiger partial charge is 0.225 e. The number of nitrogens with zero attached hydrogens (tertiary/aromatic N) is 3. The molecule has 0 radical (unpaired) electrons. The normalized spacial score (nSPS) is 18.0. The summed E-state index contributed by atoms with van der Waals surface area (Å²) in [5.74, 6) is 2.48. The molecule has 1 atom stereocenters. The highest BCUT2D eigenvalue weighted by Crippen LogP contribution is 2.42. The molecule has 0 amide bonds. The Morgan fingerprint density at radius 3 is 2.31 bits per heavy atom. The molecule has 8 heteroatoms. The van der Waals surface area contributed by atoms with Crippen molar-refractivity contribution in [2.75, 3.05) is 52.4 Å². The first-order valence-electron chi connectivity index (χ1n) is 12.4. The third-order valence-electron chi connectivity index (χ3n) is 7.24. The molecule has 0 saturated carbocycles. The van der Waals surface area contributed by atoms with Gasteiger partial charge in [0.2, 0.25) is 11.7 Å². The molecule has 8 nitrogen and oxygen atoms in total. The van der Waals surface area contributed by atoms with Gasteiger partial charge in [0.1, 0.15) is 6.54 Å². The van der Waals surface area contributed by atoms with E-state index in [0.717, 1.165) is 44.0 Å². The van der Waals surface area contributed by atoms with Gasteiger partial charge in [-0.1, -0.05) is 30.3 Å². The molecule has 5 rings (SSSR count). The zero-order valence-corrected chi connectivity index (χ0v) is 21.1. The minimum atomic E-state index is -0.0198. The fourth-order valence-corrected chi connectivity index (χ4v) is 5.24. The van der Waals surface area contributed by atoms with E-state index in [2.05, 4.69) is 40.2 Å². The number of anilines is 1. The van der Waals surface area contributed by atoms with Gasteiger partial charge in [-0.05, 0) is 30.0 Å². The summed E-state index contributed by atoms with van der Waals surface area (Å²) in [6.07, 6.45) is 2.78. The molecule has 1 N–H and O–H groups in total. The van der Waals surface area contributed by atoms with Crippen LogP contribution in [0.4, 0.5) is 5.95 Å². The number of aromatic nitrogens is 2. The predicted molar refractivity (Wildman–Crippen MR) is 137 cm³/mol. The summed E-state index contributed by atoms with van der Waals surface area (Å²) in [7, 11) is 4.79. The number of nitrogens with one attached hydrogen (secondary N) is 1. The fourth-order valence-electron chi connectivity index (χ4n) is 5.24. The van der Waals surface area contributed by atoms with E-state index in [1.54, 1.807) is 32.4 Å². The number of carbonyl (C=O) groups excluding carboxylic acids is 1. The summed E-state index contributed by atoms with van der Waals surface area (Å²) in [5.41, 5.74) is 3.79. The van der Waals surface area contributed by atoms with E-state index in [-0.39, 0.29) is 11.7 Å². The van der Waals surface area contributed by atoms with Crippen LogP contribution in [-0.4, -0.2) is 63.3 Å². The zero-order valence-electron chi connectivity index (χ0n) is 21.1. The second-order valence-electron chi connectivity index (χ2n) is 9.42. The predicted octanol–water partition coefficient (Wildman–Crippen LogP) is 2.32. The second-order valence-corrected chi connectivity index (χ2v) is 9.42. The number of ketones is 1. The van der Waals surface area contributed by atoms with Crippen LogP contribution in [0.5, 0.6) is 17.2 Å². The first kappa shape index (κ1) is 24.1. The van der Waals surface area contributed by atoms with E-state index < -0.39 is 0 Å². The van der Waals surface area contributed by atoms with Crippen molar-refractivity contribution in [1.82, 2.24) is 9.97 Å². The van der Waals surface area contributed by atoms with Crippen molar-refractivity contribution < 1.29 is 23.9 Å². The zero-order chi connectivity index (χ0) is 25.1. The SMILES string of the molecule is COc1cc([C@H]2CC(=O)c3cnc(N4CC[NH+](Cc5ccccc5)CC4)nc3C2)cc(OC)c1OC. The van der Waals surface area contributed by atoms with Gasteiger partial charge in [-0.15, -0.1) is 0 Å². The molecule has 2 heterocycles. The van der Waals surface area contributed by atoms with Crippen LogP contribution in [-0.2, 0) is 13.0 Å².